The Morgan fingerprint density at radius 1 is 0.952 bits per heavy atom. The monoisotopic (exact) mass is 567 g/mol. The van der Waals surface area contributed by atoms with E-state index in [4.69, 9.17) is 10.00 Å². The highest BCUT2D eigenvalue weighted by Gasteiger charge is 2.26. The number of carbonyl (C=O) groups excluding carboxylic acids is 2. The van der Waals surface area contributed by atoms with E-state index in [1.54, 1.807) is 29.2 Å². The maximum Gasteiger partial charge on any atom is 0.272 e. The number of nitro benzene ring substituents is 1. The van der Waals surface area contributed by atoms with Gasteiger partial charge < -0.3 is 9.64 Å². The smallest absolute Gasteiger partial charge is 0.272 e. The molecular formula is C32H33N5O5. The van der Waals surface area contributed by atoms with Crippen molar-refractivity contribution in [3.05, 3.63) is 99.4 Å². The number of nitrogens with zero attached hydrogens (tertiary/aromatic N) is 5. The van der Waals surface area contributed by atoms with E-state index in [-0.39, 0.29) is 23.5 Å². The fraction of sp³-hybridized carbons (Fsp3) is 0.375. The van der Waals surface area contributed by atoms with Gasteiger partial charge in [-0.25, -0.2) is 0 Å². The zero-order valence-corrected chi connectivity index (χ0v) is 23.4. The summed E-state index contributed by atoms with van der Waals surface area (Å²) in [6.07, 6.45) is 5.11. The average Bonchev–Trinajstić information content (AvgIpc) is 3.03. The van der Waals surface area contributed by atoms with E-state index in [1.165, 1.54) is 23.9 Å². The number of ether oxygens (including phenoxy) is 1. The Morgan fingerprint density at radius 3 is 2.24 bits per heavy atom. The molecular weight excluding hydrogens is 534 g/mol. The summed E-state index contributed by atoms with van der Waals surface area (Å²) >= 11 is 0. The first-order valence-corrected chi connectivity index (χ1v) is 14.3. The van der Waals surface area contributed by atoms with Gasteiger partial charge in [-0.1, -0.05) is 12.1 Å². The van der Waals surface area contributed by atoms with Gasteiger partial charge in [-0.05, 0) is 73.8 Å². The normalized spacial score (nSPS) is 16.5. The maximum atomic E-state index is 13.0. The lowest BCUT2D eigenvalue weighted by molar-refractivity contribution is -0.384. The molecule has 3 heterocycles. The third-order valence-electron chi connectivity index (χ3n) is 8.05. The quantitative estimate of drug-likeness (QED) is 0.200. The van der Waals surface area contributed by atoms with Crippen LogP contribution in [0.4, 0.5) is 5.69 Å². The Morgan fingerprint density at radius 2 is 1.64 bits per heavy atom. The minimum atomic E-state index is -0.448. The van der Waals surface area contributed by atoms with Crippen molar-refractivity contribution in [3.8, 4) is 11.8 Å². The molecule has 2 fully saturated rings. The van der Waals surface area contributed by atoms with E-state index < -0.39 is 4.92 Å². The summed E-state index contributed by atoms with van der Waals surface area (Å²) in [5.74, 6) is 0.778. The number of piperidine rings is 2. The molecule has 3 aromatic rings. The Balaban J connectivity index is 1.05. The first-order valence-electron chi connectivity index (χ1n) is 14.3. The molecule has 2 saturated heterocycles. The molecule has 10 nitrogen and oxygen atoms in total. The van der Waals surface area contributed by atoms with Crippen molar-refractivity contribution in [2.75, 3.05) is 26.2 Å². The van der Waals surface area contributed by atoms with Crippen LogP contribution in [0.5, 0.6) is 5.75 Å². The van der Waals surface area contributed by atoms with Crippen LogP contribution in [0, 0.1) is 27.4 Å². The van der Waals surface area contributed by atoms with E-state index >= 15 is 0 Å². The molecule has 2 aliphatic rings. The number of nitro groups is 1. The number of rotatable bonds is 9. The number of nitriles is 1. The second kappa shape index (κ2) is 13.4. The molecule has 5 rings (SSSR count). The molecule has 1 aromatic heterocycles. The minimum Gasteiger partial charge on any atom is -0.490 e. The number of amides is 1. The Kier molecular flexibility index (Phi) is 9.19. The zero-order chi connectivity index (χ0) is 29.5. The van der Waals surface area contributed by atoms with E-state index in [1.807, 2.05) is 24.3 Å². The molecule has 2 aromatic carbocycles. The van der Waals surface area contributed by atoms with Gasteiger partial charge in [-0.15, -0.1) is 0 Å². The fourth-order valence-corrected chi connectivity index (χ4v) is 5.53. The van der Waals surface area contributed by atoms with Gasteiger partial charge in [0.1, 0.15) is 17.5 Å². The van der Waals surface area contributed by atoms with Gasteiger partial charge in [0, 0.05) is 62.8 Å². The van der Waals surface area contributed by atoms with Crippen LogP contribution < -0.4 is 4.74 Å². The molecule has 0 unspecified atom stereocenters. The van der Waals surface area contributed by atoms with Crippen LogP contribution in [0.15, 0.2) is 66.9 Å². The van der Waals surface area contributed by atoms with Gasteiger partial charge in [0.25, 0.3) is 11.6 Å². The van der Waals surface area contributed by atoms with Crippen LogP contribution in [0.25, 0.3) is 0 Å². The van der Waals surface area contributed by atoms with Crippen LogP contribution in [0.2, 0.25) is 0 Å². The van der Waals surface area contributed by atoms with E-state index in [0.717, 1.165) is 32.5 Å². The number of hydrogen-bond donors (Lipinski definition) is 0. The van der Waals surface area contributed by atoms with Crippen molar-refractivity contribution < 1.29 is 19.2 Å². The number of ketones is 1. The summed E-state index contributed by atoms with van der Waals surface area (Å²) in [4.78, 5) is 44.8. The number of hydrogen-bond acceptors (Lipinski definition) is 8. The third kappa shape index (κ3) is 7.36. The van der Waals surface area contributed by atoms with Gasteiger partial charge >= 0.3 is 0 Å². The molecule has 2 aliphatic heterocycles. The van der Waals surface area contributed by atoms with Crippen LogP contribution in [-0.4, -0.2) is 63.7 Å². The van der Waals surface area contributed by atoms with Crippen molar-refractivity contribution in [2.45, 2.75) is 44.8 Å². The summed E-state index contributed by atoms with van der Waals surface area (Å²) in [7, 11) is 0. The summed E-state index contributed by atoms with van der Waals surface area (Å²) in [5.41, 5.74) is 2.71. The maximum absolute atomic E-state index is 13.0. The summed E-state index contributed by atoms with van der Waals surface area (Å²) in [6, 6.07) is 19.2. The molecule has 0 N–H and O–H groups in total. The van der Waals surface area contributed by atoms with Gasteiger partial charge in [0.15, 0.2) is 5.78 Å². The lowest BCUT2D eigenvalue weighted by atomic mass is 9.90. The standard InChI is InChI=1S/C32H33N5O5/c33-20-24-1-3-25(4-2-24)22-35-15-11-23(12-16-35)19-31(38)26-5-10-30(34-21-26)32(39)36-17-13-29(14-18-36)42-28-8-6-27(7-9-28)37(40)41/h1-10,21,23,29H,11-19,22H2. The van der Waals surface area contributed by atoms with Crippen LogP contribution in [0.3, 0.4) is 0 Å². The van der Waals surface area contributed by atoms with Crippen LogP contribution in [0.1, 0.15) is 64.1 Å². The van der Waals surface area contributed by atoms with Crippen molar-refractivity contribution >= 4 is 17.4 Å². The first kappa shape index (κ1) is 28.9. The molecule has 0 atom stereocenters. The zero-order valence-electron chi connectivity index (χ0n) is 23.4. The summed E-state index contributed by atoms with van der Waals surface area (Å²) in [6.45, 7) is 3.74. The summed E-state index contributed by atoms with van der Waals surface area (Å²) in [5, 5.41) is 19.8. The number of non-ortho nitro benzene ring substituents is 1. The Hall–Kier alpha value is -4.62. The van der Waals surface area contributed by atoms with Crippen molar-refractivity contribution in [1.29, 1.82) is 5.26 Å². The number of benzene rings is 2. The highest BCUT2D eigenvalue weighted by Crippen LogP contribution is 2.25. The van der Waals surface area contributed by atoms with Gasteiger partial charge in [-0.3, -0.25) is 29.6 Å². The van der Waals surface area contributed by atoms with E-state index in [2.05, 4.69) is 16.0 Å². The molecule has 42 heavy (non-hydrogen) atoms. The molecule has 10 heteroatoms. The highest BCUT2D eigenvalue weighted by molar-refractivity contribution is 5.97. The Labute approximate surface area is 244 Å². The lowest BCUT2D eigenvalue weighted by Gasteiger charge is -2.32. The van der Waals surface area contributed by atoms with Crippen molar-refractivity contribution in [1.82, 2.24) is 14.8 Å². The lowest BCUT2D eigenvalue weighted by Crippen LogP contribution is -2.42. The van der Waals surface area contributed by atoms with E-state index in [9.17, 15) is 19.7 Å². The SMILES string of the molecule is N#Cc1ccc(CN2CCC(CC(=O)c3ccc(C(=O)N4CCC(Oc5ccc([N+](=O)[O-])cc5)CC4)nc3)CC2)cc1. The molecule has 0 bridgehead atoms. The number of pyridine rings is 1. The first-order chi connectivity index (χ1) is 20.4. The predicted octanol–water partition coefficient (Wildman–Crippen LogP) is 5.03. The molecule has 0 spiro atoms. The van der Waals surface area contributed by atoms with Gasteiger partial charge in [-0.2, -0.15) is 5.26 Å². The summed E-state index contributed by atoms with van der Waals surface area (Å²) < 4.78 is 5.94. The highest BCUT2D eigenvalue weighted by atomic mass is 16.6. The second-order valence-electron chi connectivity index (χ2n) is 10.9. The van der Waals surface area contributed by atoms with Crippen LogP contribution >= 0.6 is 0 Å². The number of aromatic nitrogens is 1. The van der Waals surface area contributed by atoms with Gasteiger partial charge in [0.2, 0.25) is 0 Å². The molecule has 1 amide bonds. The van der Waals surface area contributed by atoms with Gasteiger partial charge in [0.05, 0.1) is 16.6 Å². The van der Waals surface area contributed by atoms with E-state index in [0.29, 0.717) is 60.8 Å². The molecule has 0 aliphatic carbocycles. The van der Waals surface area contributed by atoms with Crippen molar-refractivity contribution in [3.63, 3.8) is 0 Å². The van der Waals surface area contributed by atoms with Crippen LogP contribution in [-0.2, 0) is 6.54 Å². The number of likely N-dealkylation sites (tertiary alicyclic amines) is 2. The molecule has 216 valence electrons. The molecule has 0 radical (unpaired) electrons. The second-order valence-corrected chi connectivity index (χ2v) is 10.9. The predicted molar refractivity (Wildman–Crippen MR) is 155 cm³/mol. The fourth-order valence-electron chi connectivity index (χ4n) is 5.53. The molecule has 0 saturated carbocycles. The number of carbonyl (C=O) groups is 2. The minimum absolute atomic E-state index is 0.0145. The topological polar surface area (TPSA) is 130 Å². The number of Topliss-reactive ketones (excluding diaryl/α,β-unsaturated/α-hetero) is 1. The Bertz CT molecular complexity index is 1430. The third-order valence-corrected chi connectivity index (χ3v) is 8.05. The average molecular weight is 568 g/mol. The van der Waals surface area contributed by atoms with Crippen molar-refractivity contribution in [2.24, 2.45) is 5.92 Å². The largest absolute Gasteiger partial charge is 0.490 e.